The van der Waals surface area contributed by atoms with E-state index in [0.29, 0.717) is 5.69 Å². The van der Waals surface area contributed by atoms with Gasteiger partial charge in [0.05, 0.1) is 5.69 Å². The number of nitrogens with zero attached hydrogens (tertiary/aromatic N) is 1. The van der Waals surface area contributed by atoms with Crippen LogP contribution in [0.15, 0.2) is 24.3 Å². The molecule has 1 rings (SSSR count). The van der Waals surface area contributed by atoms with Crippen molar-refractivity contribution >= 4 is 18.1 Å². The number of para-hydroxylation sites is 1. The van der Waals surface area contributed by atoms with Gasteiger partial charge in [0.1, 0.15) is 5.82 Å². The van der Waals surface area contributed by atoms with E-state index in [1.807, 2.05) is 0 Å². The predicted molar refractivity (Wildman–Crippen MR) is 46.2 cm³/mol. The maximum Gasteiger partial charge on any atom is 0.147 e. The molecule has 0 unspecified atom stereocenters. The van der Waals surface area contributed by atoms with Crippen molar-refractivity contribution in [3.05, 3.63) is 30.1 Å². The molecule has 62 valence electrons. The van der Waals surface area contributed by atoms with Gasteiger partial charge < -0.3 is 5.01 Å². The Morgan fingerprint density at radius 3 is 2.27 bits per heavy atom. The van der Waals surface area contributed by atoms with Crippen LogP contribution in [-0.2, 0) is 0 Å². The molecule has 11 heavy (non-hydrogen) atoms. The Hall–Kier alpha value is -0.800. The number of benzene rings is 1. The molecule has 2 N–H and O–H groups in total. The number of anilines is 1. The minimum absolute atomic E-state index is 0. The first-order chi connectivity index (χ1) is 4.72. The zero-order valence-electron chi connectivity index (χ0n) is 6.12. The molecule has 0 bridgehead atoms. The maximum absolute atomic E-state index is 12.7. The second-order valence-electron chi connectivity index (χ2n) is 2.06. The van der Waals surface area contributed by atoms with E-state index in [-0.39, 0.29) is 18.2 Å². The van der Waals surface area contributed by atoms with Crippen molar-refractivity contribution < 1.29 is 4.39 Å². The highest BCUT2D eigenvalue weighted by Crippen LogP contribution is 2.13. The number of nitrogens with two attached hydrogens (primary N) is 1. The van der Waals surface area contributed by atoms with Crippen LogP contribution in [0.3, 0.4) is 0 Å². The molecule has 0 saturated heterocycles. The highest BCUT2D eigenvalue weighted by atomic mass is 35.5. The monoisotopic (exact) mass is 176 g/mol. The predicted octanol–water partition coefficient (Wildman–Crippen LogP) is 1.56. The van der Waals surface area contributed by atoms with Crippen LogP contribution >= 0.6 is 12.4 Å². The van der Waals surface area contributed by atoms with E-state index in [9.17, 15) is 4.39 Å². The van der Waals surface area contributed by atoms with E-state index in [2.05, 4.69) is 0 Å². The van der Waals surface area contributed by atoms with E-state index in [1.165, 1.54) is 11.1 Å². The van der Waals surface area contributed by atoms with Crippen LogP contribution in [0.2, 0.25) is 0 Å². The number of hydrazine groups is 1. The van der Waals surface area contributed by atoms with Crippen molar-refractivity contribution in [1.82, 2.24) is 0 Å². The van der Waals surface area contributed by atoms with Gasteiger partial charge in [0.2, 0.25) is 0 Å². The van der Waals surface area contributed by atoms with Gasteiger partial charge >= 0.3 is 0 Å². The lowest BCUT2D eigenvalue weighted by molar-refractivity contribution is 0.624. The third-order valence-corrected chi connectivity index (χ3v) is 1.23. The van der Waals surface area contributed by atoms with Crippen molar-refractivity contribution in [3.8, 4) is 0 Å². The first kappa shape index (κ1) is 10.2. The topological polar surface area (TPSA) is 29.3 Å². The molecule has 0 aromatic heterocycles. The molecule has 0 spiro atoms. The summed E-state index contributed by atoms with van der Waals surface area (Å²) in [7, 11) is 1.60. The molecule has 0 atom stereocenters. The van der Waals surface area contributed by atoms with Crippen LogP contribution in [0.4, 0.5) is 10.1 Å². The van der Waals surface area contributed by atoms with Crippen molar-refractivity contribution in [2.45, 2.75) is 0 Å². The summed E-state index contributed by atoms with van der Waals surface area (Å²) in [5, 5.41) is 1.25. The number of halogens is 2. The lowest BCUT2D eigenvalue weighted by atomic mass is 10.3. The molecule has 0 aliphatic heterocycles. The van der Waals surface area contributed by atoms with Gasteiger partial charge in [-0.1, -0.05) is 12.1 Å². The van der Waals surface area contributed by atoms with Crippen LogP contribution in [0.1, 0.15) is 0 Å². The molecular formula is C7H10ClFN2. The summed E-state index contributed by atoms with van der Waals surface area (Å²) in [6.45, 7) is 0. The Morgan fingerprint density at radius 1 is 1.36 bits per heavy atom. The molecule has 0 fully saturated rings. The van der Waals surface area contributed by atoms with Crippen molar-refractivity contribution in [2.75, 3.05) is 12.1 Å². The van der Waals surface area contributed by atoms with Gasteiger partial charge in [-0.3, -0.25) is 0 Å². The number of hydrogen-bond acceptors (Lipinski definition) is 2. The molecule has 0 aliphatic rings. The van der Waals surface area contributed by atoms with Crippen molar-refractivity contribution in [2.24, 2.45) is 5.84 Å². The fourth-order valence-electron chi connectivity index (χ4n) is 0.738. The minimum Gasteiger partial charge on any atom is -0.311 e. The Bertz CT molecular complexity index is 227. The Balaban J connectivity index is 0.000001000. The van der Waals surface area contributed by atoms with Crippen molar-refractivity contribution in [1.29, 1.82) is 0 Å². The third-order valence-electron chi connectivity index (χ3n) is 1.23. The SMILES string of the molecule is CN(N)c1ccccc1F.Cl. The molecule has 0 saturated carbocycles. The quantitative estimate of drug-likeness (QED) is 0.520. The lowest BCUT2D eigenvalue weighted by Crippen LogP contribution is -2.25. The molecule has 0 heterocycles. The molecule has 1 aromatic carbocycles. The number of rotatable bonds is 1. The van der Waals surface area contributed by atoms with Crippen LogP contribution < -0.4 is 10.9 Å². The molecule has 4 heteroatoms. The van der Waals surface area contributed by atoms with Crippen LogP contribution in [0.25, 0.3) is 0 Å². The smallest absolute Gasteiger partial charge is 0.147 e. The molecular weight excluding hydrogens is 167 g/mol. The summed E-state index contributed by atoms with van der Waals surface area (Å²) < 4.78 is 12.7. The van der Waals surface area contributed by atoms with Crippen LogP contribution in [-0.4, -0.2) is 7.05 Å². The van der Waals surface area contributed by atoms with Crippen LogP contribution in [0, 0.1) is 5.82 Å². The van der Waals surface area contributed by atoms with Gasteiger partial charge in [-0.15, -0.1) is 12.4 Å². The highest BCUT2D eigenvalue weighted by Gasteiger charge is 2.00. The van der Waals surface area contributed by atoms with E-state index < -0.39 is 0 Å². The van der Waals surface area contributed by atoms with Gasteiger partial charge in [-0.05, 0) is 12.1 Å². The van der Waals surface area contributed by atoms with Crippen molar-refractivity contribution in [3.63, 3.8) is 0 Å². The molecule has 2 nitrogen and oxygen atoms in total. The lowest BCUT2D eigenvalue weighted by Gasteiger charge is -2.11. The van der Waals surface area contributed by atoms with E-state index in [0.717, 1.165) is 0 Å². The van der Waals surface area contributed by atoms with Gasteiger partial charge in [-0.25, -0.2) is 10.2 Å². The third kappa shape index (κ3) is 2.37. The molecule has 0 amide bonds. The van der Waals surface area contributed by atoms with Gasteiger partial charge in [0, 0.05) is 7.05 Å². The normalized spacial score (nSPS) is 8.64. The molecule has 0 radical (unpaired) electrons. The number of hydrogen-bond donors (Lipinski definition) is 1. The minimum atomic E-state index is -0.299. The second kappa shape index (κ2) is 4.16. The second-order valence-corrected chi connectivity index (χ2v) is 2.06. The van der Waals surface area contributed by atoms with E-state index in [1.54, 1.807) is 25.2 Å². The Kier molecular flexibility index (Phi) is 3.85. The largest absolute Gasteiger partial charge is 0.311 e. The zero-order chi connectivity index (χ0) is 7.56. The Labute approximate surface area is 71.2 Å². The summed E-state index contributed by atoms with van der Waals surface area (Å²) in [6.07, 6.45) is 0. The summed E-state index contributed by atoms with van der Waals surface area (Å²) >= 11 is 0. The fourth-order valence-corrected chi connectivity index (χ4v) is 0.738. The Morgan fingerprint density at radius 2 is 1.91 bits per heavy atom. The first-order valence-corrected chi connectivity index (χ1v) is 2.95. The van der Waals surface area contributed by atoms with Gasteiger partial charge in [-0.2, -0.15) is 0 Å². The van der Waals surface area contributed by atoms with Crippen LogP contribution in [0.5, 0.6) is 0 Å². The molecule has 0 aliphatic carbocycles. The first-order valence-electron chi connectivity index (χ1n) is 2.95. The fraction of sp³-hybridized carbons (Fsp3) is 0.143. The summed E-state index contributed by atoms with van der Waals surface area (Å²) in [4.78, 5) is 0. The summed E-state index contributed by atoms with van der Waals surface area (Å²) in [6, 6.07) is 6.36. The van der Waals surface area contributed by atoms with E-state index in [4.69, 9.17) is 5.84 Å². The summed E-state index contributed by atoms with van der Waals surface area (Å²) in [5.41, 5.74) is 0.405. The standard InChI is InChI=1S/C7H9FN2.ClH/c1-10(9)7-5-3-2-4-6(7)8;/h2-5H,9H2,1H3;1H. The van der Waals surface area contributed by atoms with Gasteiger partial charge in [0.25, 0.3) is 0 Å². The average molecular weight is 177 g/mol. The summed E-state index contributed by atoms with van der Waals surface area (Å²) in [5.74, 6) is 5.01. The molecule has 1 aromatic rings. The maximum atomic E-state index is 12.7. The zero-order valence-corrected chi connectivity index (χ0v) is 6.94. The average Bonchev–Trinajstić information content (AvgIpc) is 1.88. The van der Waals surface area contributed by atoms with E-state index >= 15 is 0 Å². The highest BCUT2D eigenvalue weighted by molar-refractivity contribution is 5.85. The van der Waals surface area contributed by atoms with Gasteiger partial charge in [0.15, 0.2) is 0 Å².